The topological polar surface area (TPSA) is 92.7 Å². The van der Waals surface area contributed by atoms with Gasteiger partial charge in [0.15, 0.2) is 0 Å². The van der Waals surface area contributed by atoms with Crippen molar-refractivity contribution in [3.8, 4) is 0 Å². The van der Waals surface area contributed by atoms with Crippen molar-refractivity contribution in [3.05, 3.63) is 72.9 Å². The molecule has 2 N–H and O–H groups in total. The highest BCUT2D eigenvalue weighted by atomic mass is 16.5. The minimum absolute atomic E-state index is 0.0168. The van der Waals surface area contributed by atoms with Crippen LogP contribution in [0.5, 0.6) is 0 Å². The molecule has 0 aromatic heterocycles. The van der Waals surface area contributed by atoms with Crippen molar-refractivity contribution in [1.29, 1.82) is 0 Å². The van der Waals surface area contributed by atoms with E-state index in [2.05, 4.69) is 92.1 Å². The molecule has 0 bridgehead atoms. The molecule has 0 saturated carbocycles. The second-order valence-corrected chi connectivity index (χ2v) is 14.9. The largest absolute Gasteiger partial charge is 0.480 e. The van der Waals surface area contributed by atoms with E-state index < -0.39 is 5.97 Å². The molecular weight excluding hydrogens is 683 g/mol. The van der Waals surface area contributed by atoms with Crippen LogP contribution < -0.4 is 5.32 Å². The Labute approximate surface area is 338 Å². The van der Waals surface area contributed by atoms with Gasteiger partial charge in [0.05, 0.1) is 0 Å². The second kappa shape index (κ2) is 43.6. The zero-order valence-electron chi connectivity index (χ0n) is 35.5. The molecule has 1 amide bonds. The van der Waals surface area contributed by atoms with Gasteiger partial charge in [0.2, 0.25) is 5.91 Å². The molecule has 1 atom stereocenters. The van der Waals surface area contributed by atoms with E-state index in [1.807, 2.05) is 0 Å². The van der Waals surface area contributed by atoms with Crippen molar-refractivity contribution >= 4 is 17.8 Å². The maximum atomic E-state index is 12.8. The van der Waals surface area contributed by atoms with Crippen LogP contribution >= 0.6 is 0 Å². The third-order valence-corrected chi connectivity index (χ3v) is 9.66. The zero-order valence-corrected chi connectivity index (χ0v) is 35.5. The fraction of sp³-hybridized carbons (Fsp3) is 0.694. The summed E-state index contributed by atoms with van der Waals surface area (Å²) >= 11 is 0. The molecule has 6 nitrogen and oxygen atoms in total. The molecular formula is C49H83NO5. The maximum Gasteiger partial charge on any atom is 0.322 e. The van der Waals surface area contributed by atoms with E-state index >= 15 is 0 Å². The lowest BCUT2D eigenvalue weighted by Gasteiger charge is -2.18. The fourth-order valence-electron chi connectivity index (χ4n) is 6.36. The molecule has 0 fully saturated rings. The molecule has 0 heterocycles. The van der Waals surface area contributed by atoms with Crippen molar-refractivity contribution in [2.24, 2.45) is 0 Å². The maximum absolute atomic E-state index is 12.8. The highest BCUT2D eigenvalue weighted by Gasteiger charge is 2.14. The molecule has 0 aliphatic carbocycles. The van der Waals surface area contributed by atoms with Gasteiger partial charge >= 0.3 is 11.9 Å². The third kappa shape index (κ3) is 43.4. The molecule has 0 aliphatic rings. The number of nitrogens with one attached hydrogen (secondary N) is 1. The van der Waals surface area contributed by atoms with Gasteiger partial charge in [-0.05, 0) is 77.0 Å². The minimum Gasteiger partial charge on any atom is -0.480 e. The van der Waals surface area contributed by atoms with Crippen LogP contribution in [0.25, 0.3) is 0 Å². The van der Waals surface area contributed by atoms with Gasteiger partial charge in [-0.3, -0.25) is 14.4 Å². The van der Waals surface area contributed by atoms with Crippen LogP contribution in [0.15, 0.2) is 72.9 Å². The standard InChI is InChI=1S/C49H83NO5/c1-3-5-7-9-11-13-15-17-19-20-21-22-23-25-27-29-31-36-40-44-49(54)55-46(42-38-34-32-35-39-43-47(51)50-45-48(52)53)41-37-33-30-28-26-24-18-16-14-12-10-8-6-4-2/h5,7,11,13,17,19,21-22,25,27,31,36,46H,3-4,6,8-10,12,14-16,18,20,23-24,26,28-30,32-35,37-45H2,1-2H3,(H,50,51)(H,52,53)/b7-5-,13-11-,19-17-,22-21-,27-25-,36-31-. The molecule has 0 spiro atoms. The lowest BCUT2D eigenvalue weighted by atomic mass is 10.0. The fourth-order valence-corrected chi connectivity index (χ4v) is 6.36. The summed E-state index contributed by atoms with van der Waals surface area (Å²) in [5.74, 6) is -1.32. The Morgan fingerprint density at radius 2 is 0.873 bits per heavy atom. The van der Waals surface area contributed by atoms with Gasteiger partial charge in [0.1, 0.15) is 12.6 Å². The number of amides is 1. The normalized spacial score (nSPS) is 12.8. The van der Waals surface area contributed by atoms with Crippen molar-refractivity contribution in [2.75, 3.05) is 6.54 Å². The number of carbonyl (C=O) groups excluding carboxylic acids is 2. The van der Waals surface area contributed by atoms with E-state index in [1.165, 1.54) is 83.5 Å². The molecule has 6 heteroatoms. The first-order chi connectivity index (χ1) is 27.0. The molecule has 1 unspecified atom stereocenters. The Morgan fingerprint density at radius 3 is 1.29 bits per heavy atom. The van der Waals surface area contributed by atoms with Crippen LogP contribution in [0.2, 0.25) is 0 Å². The summed E-state index contributed by atoms with van der Waals surface area (Å²) in [6, 6.07) is 0. The number of carbonyl (C=O) groups is 3. The highest BCUT2D eigenvalue weighted by molar-refractivity contribution is 5.80. The number of unbranched alkanes of at least 4 members (excludes halogenated alkanes) is 17. The van der Waals surface area contributed by atoms with Crippen LogP contribution in [0.1, 0.15) is 206 Å². The number of carboxylic acid groups (broad SMARTS) is 1. The van der Waals surface area contributed by atoms with Crippen LogP contribution in [0.3, 0.4) is 0 Å². The lowest BCUT2D eigenvalue weighted by Crippen LogP contribution is -2.28. The first kappa shape index (κ1) is 51.9. The van der Waals surface area contributed by atoms with Crippen LogP contribution in [-0.4, -0.2) is 35.6 Å². The Morgan fingerprint density at radius 1 is 0.491 bits per heavy atom. The summed E-state index contributed by atoms with van der Waals surface area (Å²) < 4.78 is 6.00. The Kier molecular flexibility index (Phi) is 41.1. The van der Waals surface area contributed by atoms with E-state index in [9.17, 15) is 14.4 Å². The summed E-state index contributed by atoms with van der Waals surface area (Å²) in [5, 5.41) is 11.1. The van der Waals surface area contributed by atoms with E-state index in [-0.39, 0.29) is 24.5 Å². The average Bonchev–Trinajstić information content (AvgIpc) is 3.17. The number of esters is 1. The van der Waals surface area contributed by atoms with Gasteiger partial charge in [-0.25, -0.2) is 0 Å². The molecule has 0 radical (unpaired) electrons. The number of ether oxygens (including phenoxy) is 1. The van der Waals surface area contributed by atoms with Gasteiger partial charge in [-0.15, -0.1) is 0 Å². The third-order valence-electron chi connectivity index (χ3n) is 9.66. The van der Waals surface area contributed by atoms with Crippen molar-refractivity contribution in [2.45, 2.75) is 213 Å². The molecule has 0 aromatic carbocycles. The summed E-state index contributed by atoms with van der Waals surface area (Å²) in [4.78, 5) is 35.1. The Bertz CT molecular complexity index is 1070. The van der Waals surface area contributed by atoms with Gasteiger partial charge in [-0.2, -0.15) is 0 Å². The van der Waals surface area contributed by atoms with Crippen molar-refractivity contribution in [3.63, 3.8) is 0 Å². The SMILES string of the molecule is CC/C=C\C/C=C\C/C=C\C/C=C\C/C=C\C/C=C\CCC(=O)OC(CCCCCCCCCCCCCCCC)CCCCCCCC(=O)NCC(=O)O. The number of rotatable bonds is 40. The summed E-state index contributed by atoms with van der Waals surface area (Å²) in [6.45, 7) is 4.11. The lowest BCUT2D eigenvalue weighted by molar-refractivity contribution is -0.149. The summed E-state index contributed by atoms with van der Waals surface area (Å²) in [7, 11) is 0. The van der Waals surface area contributed by atoms with Crippen molar-refractivity contribution < 1.29 is 24.2 Å². The van der Waals surface area contributed by atoms with Crippen LogP contribution in [0.4, 0.5) is 0 Å². The second-order valence-electron chi connectivity index (χ2n) is 14.9. The van der Waals surface area contributed by atoms with E-state index in [0.29, 0.717) is 19.3 Å². The smallest absolute Gasteiger partial charge is 0.322 e. The van der Waals surface area contributed by atoms with E-state index in [1.54, 1.807) is 0 Å². The van der Waals surface area contributed by atoms with E-state index in [4.69, 9.17) is 9.84 Å². The zero-order chi connectivity index (χ0) is 40.1. The first-order valence-corrected chi connectivity index (χ1v) is 22.6. The molecule has 0 aromatic rings. The van der Waals surface area contributed by atoms with Gasteiger partial charge < -0.3 is 15.2 Å². The Hall–Kier alpha value is -3.15. The van der Waals surface area contributed by atoms with Gasteiger partial charge in [-0.1, -0.05) is 189 Å². The van der Waals surface area contributed by atoms with E-state index in [0.717, 1.165) is 89.9 Å². The van der Waals surface area contributed by atoms with Gasteiger partial charge in [0, 0.05) is 12.8 Å². The predicted octanol–water partition coefficient (Wildman–Crippen LogP) is 14.2. The summed E-state index contributed by atoms with van der Waals surface area (Å²) in [5.41, 5.74) is 0. The number of carboxylic acids is 1. The molecule has 0 saturated heterocycles. The van der Waals surface area contributed by atoms with Crippen LogP contribution in [-0.2, 0) is 19.1 Å². The van der Waals surface area contributed by atoms with Gasteiger partial charge in [0.25, 0.3) is 0 Å². The summed E-state index contributed by atoms with van der Waals surface area (Å²) in [6.07, 6.45) is 58.9. The monoisotopic (exact) mass is 766 g/mol. The minimum atomic E-state index is -1.02. The predicted molar refractivity (Wildman–Crippen MR) is 235 cm³/mol. The number of aliphatic carboxylic acids is 1. The molecule has 0 rings (SSSR count). The molecule has 55 heavy (non-hydrogen) atoms. The number of hydrogen-bond donors (Lipinski definition) is 2. The average molecular weight is 766 g/mol. The molecule has 314 valence electrons. The van der Waals surface area contributed by atoms with Crippen molar-refractivity contribution in [1.82, 2.24) is 5.32 Å². The Balaban J connectivity index is 4.31. The number of allylic oxidation sites excluding steroid dienone is 12. The number of hydrogen-bond acceptors (Lipinski definition) is 4. The highest BCUT2D eigenvalue weighted by Crippen LogP contribution is 2.19. The first-order valence-electron chi connectivity index (χ1n) is 22.6. The quantitative estimate of drug-likeness (QED) is 0.0368. The molecule has 0 aliphatic heterocycles. The van der Waals surface area contributed by atoms with Crippen LogP contribution in [0, 0.1) is 0 Å².